The summed E-state index contributed by atoms with van der Waals surface area (Å²) in [5.41, 5.74) is 6.92. The van der Waals surface area contributed by atoms with Crippen LogP contribution in [0.3, 0.4) is 0 Å². The summed E-state index contributed by atoms with van der Waals surface area (Å²) in [7, 11) is 0. The Morgan fingerprint density at radius 1 is 1.14 bits per heavy atom. The van der Waals surface area contributed by atoms with Crippen LogP contribution in [0.5, 0.6) is 11.6 Å². The van der Waals surface area contributed by atoms with Gasteiger partial charge < -0.3 is 10.2 Å². The Balaban J connectivity index is 2.47. The quantitative estimate of drug-likeness (QED) is 0.650. The van der Waals surface area contributed by atoms with E-state index in [1.165, 1.54) is 11.9 Å². The average Bonchev–Trinajstić information content (AvgIpc) is 2.49. The highest BCUT2D eigenvalue weighted by Gasteiger charge is 2.15. The Labute approximate surface area is 125 Å². The molecule has 0 spiro atoms. The van der Waals surface area contributed by atoms with E-state index in [1.807, 2.05) is 6.92 Å². The minimum atomic E-state index is 0.566. The number of anilines is 1. The topological polar surface area (TPSA) is 73.1 Å². The number of nitrogens with zero attached hydrogens (tertiary/aromatic N) is 2. The second-order valence-electron chi connectivity index (χ2n) is 5.16. The van der Waals surface area contributed by atoms with Gasteiger partial charge in [-0.05, 0) is 43.9 Å². The van der Waals surface area contributed by atoms with E-state index in [-0.39, 0.29) is 0 Å². The Kier molecular flexibility index (Phi) is 4.75. The van der Waals surface area contributed by atoms with E-state index in [9.17, 15) is 0 Å². The molecule has 0 bridgehead atoms. The van der Waals surface area contributed by atoms with Crippen LogP contribution < -0.4 is 16.0 Å². The zero-order valence-corrected chi connectivity index (χ0v) is 13.0. The van der Waals surface area contributed by atoms with Gasteiger partial charge in [0.15, 0.2) is 0 Å². The second-order valence-corrected chi connectivity index (χ2v) is 5.16. The van der Waals surface area contributed by atoms with Crippen LogP contribution in [-0.2, 0) is 6.42 Å². The van der Waals surface area contributed by atoms with Crippen LogP contribution in [0.15, 0.2) is 18.5 Å². The molecule has 2 rings (SSSR count). The first kappa shape index (κ1) is 15.3. The first-order chi connectivity index (χ1) is 10.1. The number of nitrogens with one attached hydrogen (secondary N) is 1. The Bertz CT molecular complexity index is 640. The molecule has 0 atom stereocenters. The predicted octanol–water partition coefficient (Wildman–Crippen LogP) is 3.43. The van der Waals surface area contributed by atoms with Gasteiger partial charge in [0.25, 0.3) is 0 Å². The molecule has 0 aliphatic rings. The Morgan fingerprint density at radius 2 is 1.86 bits per heavy atom. The van der Waals surface area contributed by atoms with Crippen LogP contribution in [0.2, 0.25) is 0 Å². The van der Waals surface area contributed by atoms with E-state index in [4.69, 9.17) is 10.6 Å². The zero-order valence-electron chi connectivity index (χ0n) is 13.0. The van der Waals surface area contributed by atoms with Gasteiger partial charge in [0.2, 0.25) is 5.88 Å². The summed E-state index contributed by atoms with van der Waals surface area (Å²) in [5.74, 6) is 7.57. The molecule has 1 aromatic heterocycles. The first-order valence-electron chi connectivity index (χ1n) is 7.13. The van der Waals surface area contributed by atoms with Crippen molar-refractivity contribution in [3.8, 4) is 11.6 Å². The fourth-order valence-corrected chi connectivity index (χ4v) is 2.26. The molecule has 2 aromatic rings. The van der Waals surface area contributed by atoms with E-state index in [0.29, 0.717) is 11.7 Å². The minimum absolute atomic E-state index is 0.566. The molecule has 21 heavy (non-hydrogen) atoms. The molecule has 0 aliphatic heterocycles. The van der Waals surface area contributed by atoms with Crippen LogP contribution in [-0.4, -0.2) is 9.97 Å². The highest BCUT2D eigenvalue weighted by molar-refractivity contribution is 5.51. The van der Waals surface area contributed by atoms with Crippen LogP contribution in [0.25, 0.3) is 0 Å². The highest BCUT2D eigenvalue weighted by Crippen LogP contribution is 2.33. The van der Waals surface area contributed by atoms with Crippen molar-refractivity contribution in [1.29, 1.82) is 0 Å². The summed E-state index contributed by atoms with van der Waals surface area (Å²) < 4.78 is 6.10. The maximum absolute atomic E-state index is 6.10. The number of aryl methyl sites for hydroxylation is 2. The summed E-state index contributed by atoms with van der Waals surface area (Å²) >= 11 is 0. The third-order valence-corrected chi connectivity index (χ3v) is 3.61. The Hall–Kier alpha value is -2.14. The van der Waals surface area contributed by atoms with E-state index < -0.39 is 0 Å². The number of hydrazine groups is 1. The number of hydrogen-bond donors (Lipinski definition) is 2. The fraction of sp³-hybridized carbons (Fsp3) is 0.375. The lowest BCUT2D eigenvalue weighted by molar-refractivity contribution is 0.447. The van der Waals surface area contributed by atoms with Crippen LogP contribution in [0.4, 0.5) is 5.82 Å². The fourth-order valence-electron chi connectivity index (χ4n) is 2.26. The molecule has 0 radical (unpaired) electrons. The Morgan fingerprint density at radius 3 is 2.52 bits per heavy atom. The third-order valence-electron chi connectivity index (χ3n) is 3.61. The molecule has 0 saturated heterocycles. The van der Waals surface area contributed by atoms with Gasteiger partial charge in [-0.15, -0.1) is 0 Å². The monoisotopic (exact) mass is 286 g/mol. The smallest absolute Gasteiger partial charge is 0.227 e. The molecule has 1 heterocycles. The minimum Gasteiger partial charge on any atom is -0.438 e. The number of aromatic nitrogens is 2. The van der Waals surface area contributed by atoms with Crippen molar-refractivity contribution in [2.45, 2.75) is 40.5 Å². The van der Waals surface area contributed by atoms with E-state index in [2.05, 4.69) is 48.3 Å². The van der Waals surface area contributed by atoms with Crippen molar-refractivity contribution in [1.82, 2.24) is 9.97 Å². The van der Waals surface area contributed by atoms with Crippen molar-refractivity contribution >= 4 is 5.82 Å². The molecule has 0 aliphatic carbocycles. The van der Waals surface area contributed by atoms with Gasteiger partial charge in [-0.3, -0.25) is 0 Å². The summed E-state index contributed by atoms with van der Waals surface area (Å²) in [5, 5.41) is 0. The first-order valence-corrected chi connectivity index (χ1v) is 7.13. The van der Waals surface area contributed by atoms with E-state index in [0.717, 1.165) is 35.3 Å². The maximum atomic E-state index is 6.10. The molecule has 0 fully saturated rings. The highest BCUT2D eigenvalue weighted by atomic mass is 16.5. The average molecular weight is 286 g/mol. The lowest BCUT2D eigenvalue weighted by Crippen LogP contribution is -2.12. The summed E-state index contributed by atoms with van der Waals surface area (Å²) in [6.07, 6.45) is 3.23. The number of ether oxygens (including phenoxy) is 1. The van der Waals surface area contributed by atoms with Crippen molar-refractivity contribution in [2.75, 3.05) is 5.43 Å². The second kappa shape index (κ2) is 6.54. The zero-order chi connectivity index (χ0) is 15.4. The lowest BCUT2D eigenvalue weighted by Gasteiger charge is -2.16. The van der Waals surface area contributed by atoms with Gasteiger partial charge in [0.1, 0.15) is 17.9 Å². The molecule has 0 unspecified atom stereocenters. The van der Waals surface area contributed by atoms with Gasteiger partial charge >= 0.3 is 0 Å². The summed E-state index contributed by atoms with van der Waals surface area (Å²) in [6, 6.07) is 4.15. The van der Waals surface area contributed by atoms with Gasteiger partial charge in [-0.1, -0.05) is 25.5 Å². The molecular weight excluding hydrogens is 264 g/mol. The normalized spacial score (nSPS) is 10.5. The predicted molar refractivity (Wildman–Crippen MR) is 84.6 cm³/mol. The van der Waals surface area contributed by atoms with Crippen molar-refractivity contribution < 1.29 is 4.74 Å². The van der Waals surface area contributed by atoms with E-state index >= 15 is 0 Å². The number of rotatable bonds is 5. The summed E-state index contributed by atoms with van der Waals surface area (Å²) in [6.45, 7) is 8.26. The molecule has 5 heteroatoms. The van der Waals surface area contributed by atoms with Crippen molar-refractivity contribution in [3.63, 3.8) is 0 Å². The van der Waals surface area contributed by atoms with Gasteiger partial charge in [0, 0.05) is 0 Å². The van der Waals surface area contributed by atoms with Gasteiger partial charge in [-0.25, -0.2) is 15.8 Å². The van der Waals surface area contributed by atoms with E-state index in [1.54, 1.807) is 0 Å². The maximum Gasteiger partial charge on any atom is 0.227 e. The molecule has 0 amide bonds. The molecule has 0 saturated carbocycles. The largest absolute Gasteiger partial charge is 0.438 e. The number of hydrogen-bond acceptors (Lipinski definition) is 5. The summed E-state index contributed by atoms with van der Waals surface area (Å²) in [4.78, 5) is 8.44. The number of benzene rings is 1. The molecule has 3 N–H and O–H groups in total. The van der Waals surface area contributed by atoms with Crippen molar-refractivity contribution in [2.24, 2.45) is 5.84 Å². The molecular formula is C16H22N4O. The van der Waals surface area contributed by atoms with Gasteiger partial charge in [0.05, 0.1) is 5.56 Å². The van der Waals surface area contributed by atoms with Crippen LogP contribution >= 0.6 is 0 Å². The molecule has 1 aromatic carbocycles. The number of nitrogens with two attached hydrogens (primary N) is 1. The molecule has 5 nitrogen and oxygen atoms in total. The standard InChI is InChI=1S/C16H22N4O/c1-5-6-13-15(20-17)18-9-19-16(13)21-14-11(3)8-7-10(2)12(14)4/h7-9H,5-6,17H2,1-4H3,(H,18,19,20). The van der Waals surface area contributed by atoms with Gasteiger partial charge in [-0.2, -0.15) is 0 Å². The van der Waals surface area contributed by atoms with Crippen LogP contribution in [0.1, 0.15) is 35.6 Å². The lowest BCUT2D eigenvalue weighted by atomic mass is 10.1. The van der Waals surface area contributed by atoms with Crippen LogP contribution in [0, 0.1) is 20.8 Å². The SMILES string of the molecule is CCCc1c(NN)ncnc1Oc1c(C)ccc(C)c1C. The molecule has 112 valence electrons. The third kappa shape index (κ3) is 3.13. The number of nitrogen functional groups attached to an aromatic ring is 1. The van der Waals surface area contributed by atoms with Crippen molar-refractivity contribution in [3.05, 3.63) is 40.7 Å².